The number of non-ortho nitro benzene ring substituents is 1. The number of hydrogen-bond acceptors (Lipinski definition) is 5. The minimum Gasteiger partial charge on any atom is -0.329 e. The molecule has 22 heavy (non-hydrogen) atoms. The molecule has 0 aliphatic rings. The molecule has 0 atom stereocenters. The van der Waals surface area contributed by atoms with Crippen LogP contribution in [0.3, 0.4) is 0 Å². The van der Waals surface area contributed by atoms with E-state index in [0.29, 0.717) is 16.6 Å². The fourth-order valence-electron chi connectivity index (χ4n) is 2.08. The van der Waals surface area contributed by atoms with Gasteiger partial charge in [-0.3, -0.25) is 10.1 Å². The Kier molecular flexibility index (Phi) is 3.38. The molecule has 112 valence electrons. The van der Waals surface area contributed by atoms with Crippen molar-refractivity contribution in [3.63, 3.8) is 0 Å². The van der Waals surface area contributed by atoms with Crippen molar-refractivity contribution < 1.29 is 13.3 Å². The molecule has 2 aromatic carbocycles. The van der Waals surface area contributed by atoms with Gasteiger partial charge in [0, 0.05) is 12.1 Å². The fraction of sp³-hybridized carbons (Fsp3) is 0.0714. The van der Waals surface area contributed by atoms with Crippen LogP contribution in [-0.4, -0.2) is 23.3 Å². The number of rotatable bonds is 4. The van der Waals surface area contributed by atoms with Gasteiger partial charge in [0.15, 0.2) is 0 Å². The molecule has 0 aliphatic heterocycles. The van der Waals surface area contributed by atoms with Gasteiger partial charge in [0.1, 0.15) is 0 Å². The normalized spacial score (nSPS) is 11.6. The van der Waals surface area contributed by atoms with Crippen molar-refractivity contribution >= 4 is 26.6 Å². The lowest BCUT2D eigenvalue weighted by Crippen LogP contribution is -2.07. The Morgan fingerprint density at radius 1 is 1.09 bits per heavy atom. The van der Waals surface area contributed by atoms with Gasteiger partial charge in [-0.15, -0.1) is 0 Å². The molecule has 1 heterocycles. The van der Waals surface area contributed by atoms with Crippen molar-refractivity contribution in [2.45, 2.75) is 10.9 Å². The number of aromatic amines is 1. The molecule has 0 bridgehead atoms. The lowest BCUT2D eigenvalue weighted by Gasteiger charge is -2.01. The van der Waals surface area contributed by atoms with E-state index in [1.807, 2.05) is 0 Å². The average molecular weight is 317 g/mol. The number of H-pyrrole nitrogens is 1. The van der Waals surface area contributed by atoms with Crippen molar-refractivity contribution in [3.05, 3.63) is 64.2 Å². The topological polar surface area (TPSA) is 106 Å². The zero-order valence-corrected chi connectivity index (χ0v) is 12.1. The molecule has 0 aliphatic carbocycles. The Morgan fingerprint density at radius 3 is 2.41 bits per heavy atom. The Balaban J connectivity index is 1.91. The first-order valence-corrected chi connectivity index (χ1v) is 8.02. The molecular formula is C14H11N3O4S. The maximum atomic E-state index is 12.4. The molecule has 0 saturated heterocycles. The third kappa shape index (κ3) is 2.68. The first kappa shape index (κ1) is 14.2. The molecule has 1 N–H and O–H groups in total. The number of benzene rings is 2. The van der Waals surface area contributed by atoms with Crippen molar-refractivity contribution in [3.8, 4) is 0 Å². The summed E-state index contributed by atoms with van der Waals surface area (Å²) in [6.45, 7) is 0. The summed E-state index contributed by atoms with van der Waals surface area (Å²) in [5, 5.41) is 10.5. The zero-order chi connectivity index (χ0) is 15.7. The number of sulfone groups is 1. The first-order chi connectivity index (χ1) is 10.5. The summed E-state index contributed by atoms with van der Waals surface area (Å²) < 4.78 is 24.7. The predicted octanol–water partition coefficient (Wildman–Crippen LogP) is 2.45. The number of fused-ring (bicyclic) bond motifs is 1. The first-order valence-electron chi connectivity index (χ1n) is 6.36. The molecule has 0 amide bonds. The number of hydrogen-bond donors (Lipinski definition) is 1. The van der Waals surface area contributed by atoms with Crippen LogP contribution in [0.15, 0.2) is 53.7 Å². The van der Waals surface area contributed by atoms with E-state index in [4.69, 9.17) is 0 Å². The van der Waals surface area contributed by atoms with Crippen LogP contribution in [0.5, 0.6) is 0 Å². The van der Waals surface area contributed by atoms with E-state index in [-0.39, 0.29) is 16.6 Å². The van der Waals surface area contributed by atoms with E-state index in [1.54, 1.807) is 24.3 Å². The van der Waals surface area contributed by atoms with Gasteiger partial charge in [-0.1, -0.05) is 24.3 Å². The number of aromatic nitrogens is 2. The van der Waals surface area contributed by atoms with Crippen LogP contribution in [-0.2, 0) is 15.6 Å². The molecule has 0 saturated carbocycles. The number of nitro benzene ring substituents is 1. The third-order valence-electron chi connectivity index (χ3n) is 3.17. The van der Waals surface area contributed by atoms with E-state index in [0.717, 1.165) is 0 Å². The second-order valence-electron chi connectivity index (χ2n) is 4.74. The molecule has 0 fully saturated rings. The maximum absolute atomic E-state index is 12.4. The summed E-state index contributed by atoms with van der Waals surface area (Å²) >= 11 is 0. The molecule has 0 unspecified atom stereocenters. The Labute approximate surface area is 125 Å². The van der Waals surface area contributed by atoms with Gasteiger partial charge in [-0.25, -0.2) is 13.4 Å². The highest BCUT2D eigenvalue weighted by molar-refractivity contribution is 7.90. The third-order valence-corrected chi connectivity index (χ3v) is 4.66. The zero-order valence-electron chi connectivity index (χ0n) is 11.3. The highest BCUT2D eigenvalue weighted by Gasteiger charge is 2.20. The molecule has 7 nitrogen and oxygen atoms in total. The van der Waals surface area contributed by atoms with Crippen LogP contribution in [0.2, 0.25) is 0 Å². The molecule has 0 spiro atoms. The van der Waals surface area contributed by atoms with Crippen molar-refractivity contribution in [1.82, 2.24) is 9.97 Å². The molecular weight excluding hydrogens is 306 g/mol. The van der Waals surface area contributed by atoms with Gasteiger partial charge in [-0.05, 0) is 17.7 Å². The van der Waals surface area contributed by atoms with Crippen LogP contribution in [0, 0.1) is 10.1 Å². The lowest BCUT2D eigenvalue weighted by molar-refractivity contribution is -0.384. The molecule has 0 radical (unpaired) electrons. The monoisotopic (exact) mass is 317 g/mol. The minimum absolute atomic E-state index is 0.0788. The average Bonchev–Trinajstić information content (AvgIpc) is 2.92. The Morgan fingerprint density at radius 2 is 1.77 bits per heavy atom. The predicted molar refractivity (Wildman–Crippen MR) is 80.1 cm³/mol. The van der Waals surface area contributed by atoms with Crippen LogP contribution >= 0.6 is 0 Å². The SMILES string of the molecule is O=[N+]([O-])c1ccc(CS(=O)(=O)c2nc3ccccc3[nH]2)cc1. The van der Waals surface area contributed by atoms with Gasteiger partial charge in [0.2, 0.25) is 15.0 Å². The van der Waals surface area contributed by atoms with E-state index >= 15 is 0 Å². The van der Waals surface area contributed by atoms with E-state index in [9.17, 15) is 18.5 Å². The number of nitro groups is 1. The summed E-state index contributed by atoms with van der Waals surface area (Å²) in [5.41, 5.74) is 1.60. The van der Waals surface area contributed by atoms with Crippen LogP contribution in [0.4, 0.5) is 5.69 Å². The molecule has 3 aromatic rings. The maximum Gasteiger partial charge on any atom is 0.269 e. The van der Waals surface area contributed by atoms with Crippen molar-refractivity contribution in [2.75, 3.05) is 0 Å². The number of nitrogens with one attached hydrogen (secondary N) is 1. The van der Waals surface area contributed by atoms with Gasteiger partial charge in [0.25, 0.3) is 5.69 Å². The highest BCUT2D eigenvalue weighted by Crippen LogP contribution is 2.19. The second kappa shape index (κ2) is 5.23. The van der Waals surface area contributed by atoms with E-state index in [1.165, 1.54) is 24.3 Å². The van der Waals surface area contributed by atoms with E-state index < -0.39 is 14.8 Å². The summed E-state index contributed by atoms with van der Waals surface area (Å²) in [6, 6.07) is 12.4. The van der Waals surface area contributed by atoms with E-state index in [2.05, 4.69) is 9.97 Å². The van der Waals surface area contributed by atoms with Gasteiger partial charge in [-0.2, -0.15) is 0 Å². The highest BCUT2D eigenvalue weighted by atomic mass is 32.2. The summed E-state index contributed by atoms with van der Waals surface area (Å²) in [7, 11) is -3.64. The number of para-hydroxylation sites is 2. The van der Waals surface area contributed by atoms with Crippen molar-refractivity contribution in [2.24, 2.45) is 0 Å². The Hall–Kier alpha value is -2.74. The Bertz CT molecular complexity index is 913. The summed E-state index contributed by atoms with van der Waals surface area (Å²) in [4.78, 5) is 16.9. The quantitative estimate of drug-likeness (QED) is 0.587. The van der Waals surface area contributed by atoms with Crippen LogP contribution in [0.1, 0.15) is 5.56 Å². The lowest BCUT2D eigenvalue weighted by atomic mass is 10.2. The standard InChI is InChI=1S/C14H11N3O4S/c18-17(19)11-7-5-10(6-8-11)9-22(20,21)14-15-12-3-1-2-4-13(12)16-14/h1-8H,9H2,(H,15,16). The number of imidazole rings is 1. The smallest absolute Gasteiger partial charge is 0.269 e. The fourth-order valence-corrected chi connectivity index (χ4v) is 3.35. The van der Waals surface area contributed by atoms with Crippen LogP contribution < -0.4 is 0 Å². The molecule has 3 rings (SSSR count). The van der Waals surface area contributed by atoms with Crippen LogP contribution in [0.25, 0.3) is 11.0 Å². The summed E-state index contributed by atoms with van der Waals surface area (Å²) in [6.07, 6.45) is 0. The minimum atomic E-state index is -3.64. The molecule has 1 aromatic heterocycles. The van der Waals surface area contributed by atoms with Gasteiger partial charge in [0.05, 0.1) is 21.7 Å². The number of nitrogens with zero attached hydrogens (tertiary/aromatic N) is 2. The largest absolute Gasteiger partial charge is 0.329 e. The summed E-state index contributed by atoms with van der Waals surface area (Å²) in [5.74, 6) is -0.273. The molecule has 8 heteroatoms. The van der Waals surface area contributed by atoms with Crippen molar-refractivity contribution in [1.29, 1.82) is 0 Å². The van der Waals surface area contributed by atoms with Gasteiger partial charge >= 0.3 is 0 Å². The van der Waals surface area contributed by atoms with Gasteiger partial charge < -0.3 is 4.98 Å². The second-order valence-corrected chi connectivity index (χ2v) is 6.65.